The number of fused-ring (bicyclic) bond motifs is 2. The number of allylic oxidation sites excluding steroid dienone is 1. The molecule has 1 saturated carbocycles. The summed E-state index contributed by atoms with van der Waals surface area (Å²) in [6, 6.07) is 0. The van der Waals surface area contributed by atoms with Crippen LogP contribution < -0.4 is 0 Å². The highest BCUT2D eigenvalue weighted by Gasteiger charge is 2.58. The molecule has 0 aromatic heterocycles. The lowest BCUT2D eigenvalue weighted by atomic mass is 9.55. The van der Waals surface area contributed by atoms with Gasteiger partial charge in [-0.1, -0.05) is 19.9 Å². The minimum Gasteiger partial charge on any atom is -0.426 e. The number of hydrogen-bond acceptors (Lipinski definition) is 4. The third-order valence-electron chi connectivity index (χ3n) is 5.08. The van der Waals surface area contributed by atoms with Gasteiger partial charge in [-0.2, -0.15) is 0 Å². The van der Waals surface area contributed by atoms with Crippen LogP contribution in [0, 0.1) is 17.3 Å². The van der Waals surface area contributed by atoms with E-state index < -0.39 is 17.9 Å². The summed E-state index contributed by atoms with van der Waals surface area (Å²) < 4.78 is 5.13. The SMILES string of the molecule is CC1=CC2CC3(O)OC(=O)C=C3C(C)(C)C2CC1O. The molecule has 104 valence electrons. The highest BCUT2D eigenvalue weighted by atomic mass is 16.7. The van der Waals surface area contributed by atoms with Crippen molar-refractivity contribution in [3.8, 4) is 0 Å². The van der Waals surface area contributed by atoms with Gasteiger partial charge in [-0.15, -0.1) is 0 Å². The number of rotatable bonds is 0. The van der Waals surface area contributed by atoms with Crippen molar-refractivity contribution in [1.82, 2.24) is 0 Å². The van der Waals surface area contributed by atoms with Crippen molar-refractivity contribution >= 4 is 5.97 Å². The predicted octanol–water partition coefficient (Wildman–Crippen LogP) is 1.53. The monoisotopic (exact) mass is 264 g/mol. The number of aliphatic hydroxyl groups excluding tert-OH is 1. The molecule has 1 aliphatic heterocycles. The van der Waals surface area contributed by atoms with E-state index in [0.29, 0.717) is 18.4 Å². The normalized spacial score (nSPS) is 43.8. The molecule has 4 atom stereocenters. The Labute approximate surface area is 112 Å². The van der Waals surface area contributed by atoms with E-state index in [1.54, 1.807) is 0 Å². The van der Waals surface area contributed by atoms with E-state index in [1.165, 1.54) is 6.08 Å². The molecule has 1 fully saturated rings. The second-order valence-corrected chi connectivity index (χ2v) is 6.62. The van der Waals surface area contributed by atoms with Gasteiger partial charge in [-0.05, 0) is 36.2 Å². The first-order valence-electron chi connectivity index (χ1n) is 6.78. The van der Waals surface area contributed by atoms with Gasteiger partial charge in [0.2, 0.25) is 5.79 Å². The average Bonchev–Trinajstić information content (AvgIpc) is 2.58. The molecule has 0 aromatic carbocycles. The first kappa shape index (κ1) is 12.9. The summed E-state index contributed by atoms with van der Waals surface area (Å²) in [4.78, 5) is 11.5. The first-order valence-corrected chi connectivity index (χ1v) is 6.78. The quantitative estimate of drug-likeness (QED) is 0.514. The van der Waals surface area contributed by atoms with E-state index >= 15 is 0 Å². The topological polar surface area (TPSA) is 66.8 Å². The number of hydrogen-bond donors (Lipinski definition) is 2. The maximum atomic E-state index is 11.5. The second-order valence-electron chi connectivity index (χ2n) is 6.62. The maximum absolute atomic E-state index is 11.5. The van der Waals surface area contributed by atoms with Crippen LogP contribution in [0.5, 0.6) is 0 Å². The van der Waals surface area contributed by atoms with E-state index in [2.05, 4.69) is 0 Å². The number of carbonyl (C=O) groups excluding carboxylic acids is 1. The van der Waals surface area contributed by atoms with Crippen LogP contribution in [0.25, 0.3) is 0 Å². The van der Waals surface area contributed by atoms with Crippen molar-refractivity contribution in [3.05, 3.63) is 23.3 Å². The minimum absolute atomic E-state index is 0.131. The van der Waals surface area contributed by atoms with Gasteiger partial charge in [-0.3, -0.25) is 0 Å². The van der Waals surface area contributed by atoms with E-state index in [0.717, 1.165) is 5.57 Å². The van der Waals surface area contributed by atoms with E-state index in [1.807, 2.05) is 26.8 Å². The molecule has 4 heteroatoms. The van der Waals surface area contributed by atoms with Crippen molar-refractivity contribution < 1.29 is 19.7 Å². The summed E-state index contributed by atoms with van der Waals surface area (Å²) in [5.74, 6) is -1.58. The van der Waals surface area contributed by atoms with Gasteiger partial charge in [0, 0.05) is 18.1 Å². The van der Waals surface area contributed by atoms with Crippen molar-refractivity contribution in [2.45, 2.75) is 45.5 Å². The molecule has 19 heavy (non-hydrogen) atoms. The van der Waals surface area contributed by atoms with Crippen LogP contribution in [-0.2, 0) is 9.53 Å². The van der Waals surface area contributed by atoms with E-state index in [9.17, 15) is 15.0 Å². The lowest BCUT2D eigenvalue weighted by Crippen LogP contribution is -2.51. The predicted molar refractivity (Wildman–Crippen MR) is 68.9 cm³/mol. The molecular formula is C15H20O4. The fraction of sp³-hybridized carbons (Fsp3) is 0.667. The van der Waals surface area contributed by atoms with Crippen LogP contribution in [-0.4, -0.2) is 28.1 Å². The number of esters is 1. The van der Waals surface area contributed by atoms with Gasteiger partial charge in [-0.25, -0.2) is 4.79 Å². The van der Waals surface area contributed by atoms with Crippen LogP contribution in [0.3, 0.4) is 0 Å². The Balaban J connectivity index is 2.07. The third kappa shape index (κ3) is 1.70. The molecule has 0 amide bonds. The summed E-state index contributed by atoms with van der Waals surface area (Å²) in [5.41, 5.74) is 1.24. The zero-order chi connectivity index (χ0) is 14.0. The van der Waals surface area contributed by atoms with Crippen molar-refractivity contribution in [3.63, 3.8) is 0 Å². The van der Waals surface area contributed by atoms with Crippen molar-refractivity contribution in [1.29, 1.82) is 0 Å². The number of carbonyl (C=O) groups is 1. The zero-order valence-electron chi connectivity index (χ0n) is 11.5. The van der Waals surface area contributed by atoms with Crippen molar-refractivity contribution in [2.24, 2.45) is 17.3 Å². The highest BCUT2D eigenvalue weighted by Crippen LogP contribution is 2.57. The van der Waals surface area contributed by atoms with Gasteiger partial charge < -0.3 is 14.9 Å². The number of ether oxygens (including phenoxy) is 1. The molecule has 4 nitrogen and oxygen atoms in total. The van der Waals surface area contributed by atoms with Gasteiger partial charge in [0.25, 0.3) is 0 Å². The summed E-state index contributed by atoms with van der Waals surface area (Å²) in [5, 5.41) is 20.7. The molecule has 0 radical (unpaired) electrons. The van der Waals surface area contributed by atoms with Gasteiger partial charge >= 0.3 is 5.97 Å². The van der Waals surface area contributed by atoms with Crippen molar-refractivity contribution in [2.75, 3.05) is 0 Å². The Morgan fingerprint density at radius 1 is 1.42 bits per heavy atom. The van der Waals surface area contributed by atoms with Crippen LogP contribution in [0.4, 0.5) is 0 Å². The Hall–Kier alpha value is -1.13. The molecule has 0 saturated heterocycles. The molecule has 0 spiro atoms. The Morgan fingerprint density at radius 2 is 2.11 bits per heavy atom. The fourth-order valence-electron chi connectivity index (χ4n) is 4.04. The average molecular weight is 264 g/mol. The van der Waals surface area contributed by atoms with Gasteiger partial charge in [0.1, 0.15) is 0 Å². The van der Waals surface area contributed by atoms with E-state index in [-0.39, 0.29) is 17.3 Å². The molecule has 2 N–H and O–H groups in total. The standard InChI is InChI=1S/C15H20O4/c1-8-4-9-7-15(18)12(6-13(17)19-15)14(2,3)10(9)5-11(8)16/h4,6,9-11,16,18H,5,7H2,1-3H3. The van der Waals surface area contributed by atoms with Crippen LogP contribution in [0.1, 0.15) is 33.6 Å². The fourth-order valence-corrected chi connectivity index (χ4v) is 4.04. The molecule has 1 heterocycles. The van der Waals surface area contributed by atoms with E-state index in [4.69, 9.17) is 4.74 Å². The second kappa shape index (κ2) is 3.70. The summed E-state index contributed by atoms with van der Waals surface area (Å²) in [7, 11) is 0. The Bertz CT molecular complexity index is 502. The van der Waals surface area contributed by atoms with Crippen LogP contribution >= 0.6 is 0 Å². The largest absolute Gasteiger partial charge is 0.426 e. The Morgan fingerprint density at radius 3 is 2.79 bits per heavy atom. The summed E-state index contributed by atoms with van der Waals surface area (Å²) >= 11 is 0. The molecule has 0 aromatic rings. The molecule has 3 rings (SSSR count). The number of aliphatic hydroxyl groups is 2. The summed E-state index contributed by atoms with van der Waals surface area (Å²) in [6.07, 6.45) is 4.09. The molecule has 0 bridgehead atoms. The van der Waals surface area contributed by atoms with Gasteiger partial charge in [0.15, 0.2) is 0 Å². The molecular weight excluding hydrogens is 244 g/mol. The molecule has 3 aliphatic rings. The molecule has 2 aliphatic carbocycles. The van der Waals surface area contributed by atoms with Crippen LogP contribution in [0.2, 0.25) is 0 Å². The lowest BCUT2D eigenvalue weighted by Gasteiger charge is -2.51. The lowest BCUT2D eigenvalue weighted by molar-refractivity contribution is -0.202. The first-order chi connectivity index (χ1) is 8.74. The van der Waals surface area contributed by atoms with Crippen LogP contribution in [0.15, 0.2) is 23.3 Å². The minimum atomic E-state index is -1.46. The Kier molecular flexibility index (Phi) is 2.51. The maximum Gasteiger partial charge on any atom is 0.333 e. The smallest absolute Gasteiger partial charge is 0.333 e. The third-order valence-corrected chi connectivity index (χ3v) is 5.08. The zero-order valence-corrected chi connectivity index (χ0v) is 11.5. The highest BCUT2D eigenvalue weighted by molar-refractivity contribution is 5.87. The summed E-state index contributed by atoms with van der Waals surface area (Å²) in [6.45, 7) is 5.94. The molecule has 4 unspecified atom stereocenters. The van der Waals surface area contributed by atoms with Gasteiger partial charge in [0.05, 0.1) is 6.10 Å².